The molecule has 1 aliphatic rings. The van der Waals surface area contributed by atoms with E-state index in [1.807, 2.05) is 0 Å². The van der Waals surface area contributed by atoms with Gasteiger partial charge < -0.3 is 9.84 Å². The summed E-state index contributed by atoms with van der Waals surface area (Å²) in [6.07, 6.45) is 1.59. The second-order valence-electron chi connectivity index (χ2n) is 5.93. The average molecular weight is 356 g/mol. The second kappa shape index (κ2) is 5.98. The maximum Gasteiger partial charge on any atom is 0.238 e. The molecule has 4 rings (SSSR count). The molecule has 0 amide bonds. The third-order valence-electron chi connectivity index (χ3n) is 4.15. The molecule has 128 valence electrons. The molecular formula is C17H16N4O3S. The fraction of sp³-hybridized carbons (Fsp3) is 0.176. The summed E-state index contributed by atoms with van der Waals surface area (Å²) in [5.74, 6) is 0.915. The Morgan fingerprint density at radius 3 is 2.72 bits per heavy atom. The predicted octanol–water partition coefficient (Wildman–Crippen LogP) is 1.94. The molecule has 0 aliphatic carbocycles. The molecule has 3 aromatic rings. The van der Waals surface area contributed by atoms with E-state index in [9.17, 15) is 8.42 Å². The summed E-state index contributed by atoms with van der Waals surface area (Å²) in [7, 11) is -3.71. The molecule has 3 N–H and O–H groups in total. The van der Waals surface area contributed by atoms with E-state index in [4.69, 9.17) is 9.66 Å². The maximum atomic E-state index is 11.3. The lowest BCUT2D eigenvalue weighted by Crippen LogP contribution is -2.11. The molecule has 0 radical (unpaired) electrons. The number of nitrogens with one attached hydrogen (secondary N) is 1. The Hall–Kier alpha value is -2.71. The molecule has 1 aromatic heterocycles. The van der Waals surface area contributed by atoms with E-state index in [1.54, 1.807) is 12.1 Å². The van der Waals surface area contributed by atoms with Crippen LogP contribution in [0.25, 0.3) is 11.4 Å². The van der Waals surface area contributed by atoms with Crippen molar-refractivity contribution in [1.82, 2.24) is 10.1 Å². The molecule has 0 spiro atoms. The molecule has 7 nitrogen and oxygen atoms in total. The number of nitrogens with zero attached hydrogens (tertiary/aromatic N) is 2. The molecule has 0 atom stereocenters. The molecule has 0 unspecified atom stereocenters. The first-order valence-corrected chi connectivity index (χ1v) is 9.35. The second-order valence-corrected chi connectivity index (χ2v) is 7.49. The highest BCUT2D eigenvalue weighted by atomic mass is 32.2. The smallest absolute Gasteiger partial charge is 0.238 e. The van der Waals surface area contributed by atoms with Gasteiger partial charge in [-0.1, -0.05) is 17.3 Å². The first-order chi connectivity index (χ1) is 12.0. The minimum Gasteiger partial charge on any atom is -0.384 e. The van der Waals surface area contributed by atoms with E-state index in [-0.39, 0.29) is 4.90 Å². The van der Waals surface area contributed by atoms with Crippen LogP contribution in [0.5, 0.6) is 0 Å². The van der Waals surface area contributed by atoms with Crippen molar-refractivity contribution in [1.29, 1.82) is 0 Å². The zero-order valence-electron chi connectivity index (χ0n) is 13.3. The number of hydrogen-bond acceptors (Lipinski definition) is 6. The lowest BCUT2D eigenvalue weighted by molar-refractivity contribution is 0.386. The van der Waals surface area contributed by atoms with Crippen molar-refractivity contribution in [3.8, 4) is 11.4 Å². The predicted molar refractivity (Wildman–Crippen MR) is 92.5 cm³/mol. The van der Waals surface area contributed by atoms with E-state index in [2.05, 4.69) is 33.7 Å². The van der Waals surface area contributed by atoms with Crippen molar-refractivity contribution in [3.05, 3.63) is 59.5 Å². The Bertz CT molecular complexity index is 1030. The van der Waals surface area contributed by atoms with Crippen LogP contribution in [0.3, 0.4) is 0 Å². The number of sulfonamides is 1. The molecule has 0 saturated carbocycles. The minimum atomic E-state index is -3.71. The van der Waals surface area contributed by atoms with Crippen LogP contribution in [0.4, 0.5) is 5.69 Å². The largest absolute Gasteiger partial charge is 0.384 e. The number of anilines is 1. The van der Waals surface area contributed by atoms with Gasteiger partial charge in [0, 0.05) is 17.8 Å². The highest BCUT2D eigenvalue weighted by Crippen LogP contribution is 2.25. The Labute approximate surface area is 144 Å². The lowest BCUT2D eigenvalue weighted by atomic mass is 10.1. The van der Waals surface area contributed by atoms with E-state index in [1.165, 1.54) is 17.7 Å². The van der Waals surface area contributed by atoms with E-state index < -0.39 is 10.0 Å². The molecule has 0 saturated heterocycles. The van der Waals surface area contributed by atoms with Crippen LogP contribution < -0.4 is 10.5 Å². The van der Waals surface area contributed by atoms with Gasteiger partial charge in [-0.2, -0.15) is 4.98 Å². The average Bonchev–Trinajstić information content (AvgIpc) is 3.23. The minimum absolute atomic E-state index is 0.0469. The van der Waals surface area contributed by atoms with Crippen LogP contribution in [0.15, 0.2) is 51.9 Å². The van der Waals surface area contributed by atoms with Crippen molar-refractivity contribution < 1.29 is 12.9 Å². The maximum absolute atomic E-state index is 11.3. The highest BCUT2D eigenvalue weighted by Gasteiger charge is 2.14. The summed E-state index contributed by atoms with van der Waals surface area (Å²) >= 11 is 0. The zero-order valence-corrected chi connectivity index (χ0v) is 14.1. The number of rotatable bonds is 4. The molecule has 2 heterocycles. The van der Waals surface area contributed by atoms with E-state index in [0.717, 1.165) is 24.2 Å². The molecule has 1 aliphatic heterocycles. The fourth-order valence-corrected chi connectivity index (χ4v) is 3.38. The van der Waals surface area contributed by atoms with Gasteiger partial charge in [0.1, 0.15) is 0 Å². The third-order valence-corrected chi connectivity index (χ3v) is 5.08. The van der Waals surface area contributed by atoms with Crippen molar-refractivity contribution in [2.24, 2.45) is 5.14 Å². The van der Waals surface area contributed by atoms with Crippen LogP contribution in [0, 0.1) is 0 Å². The quantitative estimate of drug-likeness (QED) is 0.739. The van der Waals surface area contributed by atoms with Gasteiger partial charge in [0.05, 0.1) is 11.3 Å². The summed E-state index contributed by atoms with van der Waals surface area (Å²) in [6.45, 7) is 0.970. The number of fused-ring (bicyclic) bond motifs is 1. The summed E-state index contributed by atoms with van der Waals surface area (Å²) in [6, 6.07) is 12.3. The number of aromatic nitrogens is 2. The Morgan fingerprint density at radius 2 is 1.96 bits per heavy atom. The monoisotopic (exact) mass is 356 g/mol. The van der Waals surface area contributed by atoms with Crippen molar-refractivity contribution in [2.45, 2.75) is 17.7 Å². The van der Waals surface area contributed by atoms with Gasteiger partial charge in [0.25, 0.3) is 0 Å². The van der Waals surface area contributed by atoms with Gasteiger partial charge in [-0.25, -0.2) is 13.6 Å². The van der Waals surface area contributed by atoms with Crippen LogP contribution in [-0.4, -0.2) is 25.1 Å². The first-order valence-electron chi connectivity index (χ1n) is 7.80. The van der Waals surface area contributed by atoms with Gasteiger partial charge in [-0.05, 0) is 47.9 Å². The van der Waals surface area contributed by atoms with Crippen molar-refractivity contribution in [2.75, 3.05) is 11.9 Å². The topological polar surface area (TPSA) is 111 Å². The van der Waals surface area contributed by atoms with Crippen molar-refractivity contribution in [3.63, 3.8) is 0 Å². The first kappa shape index (κ1) is 15.8. The lowest BCUT2D eigenvalue weighted by Gasteiger charge is -2.02. The molecule has 25 heavy (non-hydrogen) atoms. The molecule has 8 heteroatoms. The van der Waals surface area contributed by atoms with Gasteiger partial charge in [0.2, 0.25) is 21.7 Å². The van der Waals surface area contributed by atoms with E-state index >= 15 is 0 Å². The van der Waals surface area contributed by atoms with Gasteiger partial charge >= 0.3 is 0 Å². The Balaban J connectivity index is 1.54. The van der Waals surface area contributed by atoms with Gasteiger partial charge in [0.15, 0.2) is 0 Å². The SMILES string of the molecule is NS(=O)(=O)c1ccc(-c2noc(Cc3ccc4c(c3)NCC4)n2)cc1. The van der Waals surface area contributed by atoms with Crippen LogP contribution in [-0.2, 0) is 22.9 Å². The standard InChI is InChI=1S/C17H16N4O3S/c18-25(22,23)14-5-3-13(4-6-14)17-20-16(24-21-17)10-11-1-2-12-7-8-19-15(12)9-11/h1-6,9,19H,7-8,10H2,(H2,18,22,23). The van der Waals surface area contributed by atoms with Crippen LogP contribution in [0.2, 0.25) is 0 Å². The Kier molecular flexibility index (Phi) is 3.78. The number of primary sulfonamides is 1. The zero-order chi connectivity index (χ0) is 17.4. The summed E-state index contributed by atoms with van der Waals surface area (Å²) in [4.78, 5) is 4.43. The molecule has 0 bridgehead atoms. The fourth-order valence-electron chi connectivity index (χ4n) is 2.86. The van der Waals surface area contributed by atoms with Gasteiger partial charge in [-0.15, -0.1) is 0 Å². The van der Waals surface area contributed by atoms with E-state index in [0.29, 0.717) is 23.7 Å². The normalized spacial score (nSPS) is 13.5. The molecule has 0 fully saturated rings. The molecular weight excluding hydrogens is 340 g/mol. The summed E-state index contributed by atoms with van der Waals surface area (Å²) < 4.78 is 27.9. The summed E-state index contributed by atoms with van der Waals surface area (Å²) in [5.41, 5.74) is 4.24. The number of benzene rings is 2. The highest BCUT2D eigenvalue weighted by molar-refractivity contribution is 7.89. The number of hydrogen-bond donors (Lipinski definition) is 2. The Morgan fingerprint density at radius 1 is 1.16 bits per heavy atom. The van der Waals surface area contributed by atoms with Gasteiger partial charge in [-0.3, -0.25) is 0 Å². The van der Waals surface area contributed by atoms with Crippen LogP contribution >= 0.6 is 0 Å². The van der Waals surface area contributed by atoms with Crippen LogP contribution in [0.1, 0.15) is 17.0 Å². The molecule has 2 aromatic carbocycles. The third kappa shape index (κ3) is 3.26. The van der Waals surface area contributed by atoms with Crippen molar-refractivity contribution >= 4 is 15.7 Å². The summed E-state index contributed by atoms with van der Waals surface area (Å²) in [5, 5.41) is 12.4. The number of nitrogens with two attached hydrogens (primary N) is 1.